The summed E-state index contributed by atoms with van der Waals surface area (Å²) in [5, 5.41) is 8.85. The van der Waals surface area contributed by atoms with E-state index in [1.54, 1.807) is 32.0 Å². The largest absolute Gasteiger partial charge is 0.485 e. The van der Waals surface area contributed by atoms with Gasteiger partial charge in [-0.3, -0.25) is 4.52 Å². The molecule has 19 heavy (non-hydrogen) atoms. The van der Waals surface area contributed by atoms with Crippen LogP contribution in [0.3, 0.4) is 0 Å². The van der Waals surface area contributed by atoms with Crippen molar-refractivity contribution in [2.45, 2.75) is 32.0 Å². The molecular weight excluding hydrogens is 269 g/mol. The number of nitrogens with zero attached hydrogens (tertiary/aromatic N) is 1. The second kappa shape index (κ2) is 4.62. The van der Waals surface area contributed by atoms with Crippen LogP contribution in [0.1, 0.15) is 25.0 Å². The highest BCUT2D eigenvalue weighted by Gasteiger charge is 2.41. The van der Waals surface area contributed by atoms with Crippen molar-refractivity contribution >= 4 is 7.82 Å². The number of ether oxygens (including phenoxy) is 1. The molecule has 0 aliphatic carbocycles. The highest BCUT2D eigenvalue weighted by molar-refractivity contribution is 7.46. The molecule has 0 bridgehead atoms. The van der Waals surface area contributed by atoms with Gasteiger partial charge in [-0.1, -0.05) is 0 Å². The maximum Gasteiger partial charge on any atom is 0.470 e. The molecular formula is C12H14NO5P. The average Bonchev–Trinajstić information content (AvgIpc) is 2.27. The molecule has 0 saturated carbocycles. The van der Waals surface area contributed by atoms with Crippen LogP contribution in [0.5, 0.6) is 5.75 Å². The summed E-state index contributed by atoms with van der Waals surface area (Å²) in [5.41, 5.74) is 0.316. The van der Waals surface area contributed by atoms with Crippen molar-refractivity contribution in [2.75, 3.05) is 0 Å². The molecule has 0 aromatic heterocycles. The molecule has 0 spiro atoms. The standard InChI is InChI=1S/C12H14NO5P/c1-12(2)11(18-19(14,15)16)6-9-5-8(7-13)3-4-10(9)17-12/h3-5,11H,6H2,1-2H3,(H2,14,15,16)/t11-/m1/s1. The minimum atomic E-state index is -4.59. The zero-order valence-corrected chi connectivity index (χ0v) is 11.4. The van der Waals surface area contributed by atoms with E-state index in [1.165, 1.54) is 0 Å². The summed E-state index contributed by atoms with van der Waals surface area (Å²) >= 11 is 0. The van der Waals surface area contributed by atoms with Crippen LogP contribution in [0, 0.1) is 11.3 Å². The first kappa shape index (κ1) is 14.0. The number of fused-ring (bicyclic) bond motifs is 1. The summed E-state index contributed by atoms with van der Waals surface area (Å²) < 4.78 is 21.5. The lowest BCUT2D eigenvalue weighted by molar-refractivity contribution is -0.0391. The molecule has 0 fully saturated rings. The third-order valence-corrected chi connectivity index (χ3v) is 3.54. The van der Waals surface area contributed by atoms with Gasteiger partial charge in [-0.05, 0) is 37.6 Å². The average molecular weight is 283 g/mol. The van der Waals surface area contributed by atoms with E-state index >= 15 is 0 Å². The van der Waals surface area contributed by atoms with E-state index in [9.17, 15) is 4.57 Å². The Kier molecular flexibility index (Phi) is 3.41. The Morgan fingerprint density at radius 3 is 2.79 bits per heavy atom. The highest BCUT2D eigenvalue weighted by atomic mass is 31.2. The normalized spacial score (nSPS) is 21.1. The predicted molar refractivity (Wildman–Crippen MR) is 66.5 cm³/mol. The summed E-state index contributed by atoms with van der Waals surface area (Å²) in [5.74, 6) is 0.606. The second-order valence-electron chi connectivity index (χ2n) is 4.93. The van der Waals surface area contributed by atoms with Gasteiger partial charge in [0, 0.05) is 6.42 Å². The number of hydrogen-bond donors (Lipinski definition) is 2. The number of rotatable bonds is 2. The van der Waals surface area contributed by atoms with Gasteiger partial charge < -0.3 is 14.5 Å². The van der Waals surface area contributed by atoms with Gasteiger partial charge in [0.1, 0.15) is 17.5 Å². The third kappa shape index (κ3) is 3.14. The van der Waals surface area contributed by atoms with E-state index in [1.807, 2.05) is 6.07 Å². The van der Waals surface area contributed by atoms with Gasteiger partial charge in [0.2, 0.25) is 0 Å². The predicted octanol–water partition coefficient (Wildman–Crippen LogP) is 1.75. The first-order chi connectivity index (χ1) is 8.71. The van der Waals surface area contributed by atoms with Crippen LogP contribution in [0.4, 0.5) is 0 Å². The quantitative estimate of drug-likeness (QED) is 0.802. The summed E-state index contributed by atoms with van der Waals surface area (Å²) in [6.07, 6.45) is -0.502. The maximum absolute atomic E-state index is 11.0. The molecule has 1 aliphatic rings. The van der Waals surface area contributed by atoms with Crippen LogP contribution in [-0.2, 0) is 15.5 Å². The zero-order valence-electron chi connectivity index (χ0n) is 10.5. The second-order valence-corrected chi connectivity index (χ2v) is 6.12. The van der Waals surface area contributed by atoms with Crippen molar-refractivity contribution in [3.63, 3.8) is 0 Å². The molecule has 1 aromatic rings. The molecule has 1 heterocycles. The van der Waals surface area contributed by atoms with Crippen LogP contribution < -0.4 is 4.74 Å². The number of nitriles is 1. The topological polar surface area (TPSA) is 99.8 Å². The van der Waals surface area contributed by atoms with Gasteiger partial charge in [-0.15, -0.1) is 0 Å². The molecule has 0 radical (unpaired) electrons. The van der Waals surface area contributed by atoms with Gasteiger partial charge >= 0.3 is 7.82 Å². The summed E-state index contributed by atoms with van der Waals surface area (Å²) in [7, 11) is -4.59. The molecule has 2 N–H and O–H groups in total. The van der Waals surface area contributed by atoms with Crippen LogP contribution in [-0.4, -0.2) is 21.5 Å². The van der Waals surface area contributed by atoms with Crippen LogP contribution >= 0.6 is 7.82 Å². The van der Waals surface area contributed by atoms with Crippen molar-refractivity contribution in [1.82, 2.24) is 0 Å². The first-order valence-corrected chi connectivity index (χ1v) is 7.20. The minimum absolute atomic E-state index is 0.281. The molecule has 2 rings (SSSR count). The van der Waals surface area contributed by atoms with Gasteiger partial charge in [0.25, 0.3) is 0 Å². The molecule has 102 valence electrons. The Hall–Kier alpha value is -1.38. The van der Waals surface area contributed by atoms with Crippen molar-refractivity contribution in [3.05, 3.63) is 29.3 Å². The highest BCUT2D eigenvalue weighted by Crippen LogP contribution is 2.44. The lowest BCUT2D eigenvalue weighted by atomic mass is 9.90. The molecule has 1 aliphatic heterocycles. The fourth-order valence-corrected chi connectivity index (χ4v) is 2.69. The van der Waals surface area contributed by atoms with Crippen molar-refractivity contribution < 1.29 is 23.6 Å². The molecule has 6 nitrogen and oxygen atoms in total. The number of benzene rings is 1. The summed E-state index contributed by atoms with van der Waals surface area (Å²) in [6, 6.07) is 6.97. The fourth-order valence-electron chi connectivity index (χ4n) is 2.03. The van der Waals surface area contributed by atoms with E-state index < -0.39 is 19.5 Å². The zero-order chi connectivity index (χ0) is 14.3. The molecule has 1 aromatic carbocycles. The van der Waals surface area contributed by atoms with Gasteiger partial charge in [0.15, 0.2) is 0 Å². The smallest absolute Gasteiger partial charge is 0.470 e. The molecule has 1 atom stereocenters. The Bertz CT molecular complexity index is 586. The van der Waals surface area contributed by atoms with E-state index in [0.29, 0.717) is 16.9 Å². The molecule has 0 saturated heterocycles. The summed E-state index contributed by atoms with van der Waals surface area (Å²) in [4.78, 5) is 17.9. The van der Waals surface area contributed by atoms with Crippen LogP contribution in [0.15, 0.2) is 18.2 Å². The van der Waals surface area contributed by atoms with E-state index in [2.05, 4.69) is 0 Å². The fraction of sp³-hybridized carbons (Fsp3) is 0.417. The van der Waals surface area contributed by atoms with Crippen LogP contribution in [0.25, 0.3) is 0 Å². The van der Waals surface area contributed by atoms with E-state index in [0.717, 1.165) is 0 Å². The number of phosphoric ester groups is 1. The minimum Gasteiger partial charge on any atom is -0.485 e. The molecule has 0 amide bonds. The van der Waals surface area contributed by atoms with Gasteiger partial charge in [0.05, 0.1) is 11.6 Å². The Balaban J connectivity index is 2.35. The Labute approximate surface area is 110 Å². The number of hydrogen-bond acceptors (Lipinski definition) is 4. The van der Waals surface area contributed by atoms with Crippen molar-refractivity contribution in [1.29, 1.82) is 5.26 Å². The Morgan fingerprint density at radius 1 is 1.53 bits per heavy atom. The lowest BCUT2D eigenvalue weighted by Gasteiger charge is -2.39. The van der Waals surface area contributed by atoms with Crippen molar-refractivity contribution in [3.8, 4) is 11.8 Å². The van der Waals surface area contributed by atoms with E-state index in [4.69, 9.17) is 24.3 Å². The summed E-state index contributed by atoms with van der Waals surface area (Å²) in [6.45, 7) is 3.41. The monoisotopic (exact) mass is 283 g/mol. The maximum atomic E-state index is 11.0. The van der Waals surface area contributed by atoms with Crippen LogP contribution in [0.2, 0.25) is 0 Å². The van der Waals surface area contributed by atoms with Crippen molar-refractivity contribution in [2.24, 2.45) is 0 Å². The number of phosphoric acid groups is 1. The van der Waals surface area contributed by atoms with Gasteiger partial charge in [-0.25, -0.2) is 4.57 Å². The Morgan fingerprint density at radius 2 is 2.21 bits per heavy atom. The molecule has 0 unspecified atom stereocenters. The first-order valence-electron chi connectivity index (χ1n) is 5.67. The molecule has 7 heteroatoms. The van der Waals surface area contributed by atoms with E-state index in [-0.39, 0.29) is 6.42 Å². The lowest BCUT2D eigenvalue weighted by Crippen LogP contribution is -2.47. The van der Waals surface area contributed by atoms with Gasteiger partial charge in [-0.2, -0.15) is 5.26 Å². The SMILES string of the molecule is CC1(C)Oc2ccc(C#N)cc2C[C@H]1OP(=O)(O)O. The third-order valence-electron chi connectivity index (χ3n) is 3.01.